The number of imidazole rings is 1. The first kappa shape index (κ1) is 22.2. The number of nitro groups is 1. The highest BCUT2D eigenvalue weighted by Crippen LogP contribution is 2.24. The molecule has 2 N–H and O–H groups in total. The number of alkyl halides is 3. The third-order valence-corrected chi connectivity index (χ3v) is 3.56. The number of nitrogens with one attached hydrogen (secondary N) is 1. The zero-order chi connectivity index (χ0) is 21.8. The number of aliphatic hydroxyl groups is 1. The molecule has 2 aromatic rings. The predicted molar refractivity (Wildman–Crippen MR) is 92.6 cm³/mol. The van der Waals surface area contributed by atoms with Crippen molar-refractivity contribution in [1.29, 1.82) is 0 Å². The molecule has 0 bridgehead atoms. The topological polar surface area (TPSA) is 129 Å². The Labute approximate surface area is 166 Å². The van der Waals surface area contributed by atoms with Gasteiger partial charge in [0.1, 0.15) is 24.2 Å². The molecule has 2 rings (SSSR count). The first-order chi connectivity index (χ1) is 13.3. The van der Waals surface area contributed by atoms with Gasteiger partial charge < -0.3 is 24.7 Å². The fraction of sp³-hybridized carbons (Fsp3) is 0.333. The van der Waals surface area contributed by atoms with Crippen LogP contribution in [-0.4, -0.2) is 44.2 Å². The summed E-state index contributed by atoms with van der Waals surface area (Å²) >= 11 is 5.75. The van der Waals surface area contributed by atoms with Crippen LogP contribution in [0.1, 0.15) is 6.92 Å². The Kier molecular flexibility index (Phi) is 6.54. The molecule has 0 saturated carbocycles. The quantitative estimate of drug-likeness (QED) is 0.501. The van der Waals surface area contributed by atoms with Crippen molar-refractivity contribution in [1.82, 2.24) is 9.55 Å². The molecular weight excluding hydrogens is 425 g/mol. The van der Waals surface area contributed by atoms with Crippen LogP contribution in [0.3, 0.4) is 0 Å². The van der Waals surface area contributed by atoms with Gasteiger partial charge in [-0.1, -0.05) is 0 Å². The van der Waals surface area contributed by atoms with Crippen LogP contribution in [0.25, 0.3) is 0 Å². The van der Waals surface area contributed by atoms with Gasteiger partial charge in [0.2, 0.25) is 0 Å². The van der Waals surface area contributed by atoms with Crippen molar-refractivity contribution in [3.05, 3.63) is 45.9 Å². The van der Waals surface area contributed by atoms with Crippen molar-refractivity contribution < 1.29 is 37.5 Å². The van der Waals surface area contributed by atoms with Gasteiger partial charge >= 0.3 is 23.6 Å². The van der Waals surface area contributed by atoms with Crippen LogP contribution in [0.4, 0.5) is 29.5 Å². The maximum Gasteiger partial charge on any atom is 0.573 e. The SMILES string of the molecule is C[C@](O)(COC(=O)Nc1ccc(OC(F)(F)F)cc1)Cn1cc([N+](=O)[O-])nc1Cl. The van der Waals surface area contributed by atoms with Crippen molar-refractivity contribution in [3.8, 4) is 5.75 Å². The summed E-state index contributed by atoms with van der Waals surface area (Å²) in [4.78, 5) is 25.2. The first-order valence-electron chi connectivity index (χ1n) is 7.74. The maximum atomic E-state index is 12.1. The number of anilines is 1. The molecule has 14 heteroatoms. The van der Waals surface area contributed by atoms with E-state index >= 15 is 0 Å². The molecule has 1 atom stereocenters. The number of halogens is 4. The number of aromatic nitrogens is 2. The molecule has 0 fully saturated rings. The number of hydrogen-bond donors (Lipinski definition) is 2. The maximum absolute atomic E-state index is 12.1. The Balaban J connectivity index is 1.88. The lowest BCUT2D eigenvalue weighted by molar-refractivity contribution is -0.389. The minimum Gasteiger partial charge on any atom is -0.446 e. The van der Waals surface area contributed by atoms with Crippen LogP contribution in [0.15, 0.2) is 30.5 Å². The molecule has 0 unspecified atom stereocenters. The van der Waals surface area contributed by atoms with Gasteiger partial charge in [0.05, 0.1) is 6.54 Å². The smallest absolute Gasteiger partial charge is 0.446 e. The van der Waals surface area contributed by atoms with Gasteiger partial charge in [-0.05, 0) is 52.7 Å². The van der Waals surface area contributed by atoms with Crippen molar-refractivity contribution in [2.24, 2.45) is 0 Å². The second-order valence-corrected chi connectivity index (χ2v) is 6.36. The molecule has 1 heterocycles. The molecule has 0 spiro atoms. The zero-order valence-electron chi connectivity index (χ0n) is 14.6. The highest BCUT2D eigenvalue weighted by Gasteiger charge is 2.31. The third-order valence-electron chi connectivity index (χ3n) is 3.26. The minimum absolute atomic E-state index is 0.123. The molecule has 0 aliphatic heterocycles. The number of hydrogen-bond acceptors (Lipinski definition) is 7. The van der Waals surface area contributed by atoms with E-state index in [1.165, 1.54) is 6.92 Å². The highest BCUT2D eigenvalue weighted by atomic mass is 35.5. The summed E-state index contributed by atoms with van der Waals surface area (Å²) in [5.74, 6) is -0.979. The summed E-state index contributed by atoms with van der Waals surface area (Å²) in [7, 11) is 0. The van der Waals surface area contributed by atoms with Gasteiger partial charge in [-0.2, -0.15) is 0 Å². The van der Waals surface area contributed by atoms with Crippen LogP contribution < -0.4 is 10.1 Å². The molecule has 1 aromatic heterocycles. The van der Waals surface area contributed by atoms with Gasteiger partial charge in [-0.3, -0.25) is 9.88 Å². The number of carbonyl (C=O) groups excluding carboxylic acids is 1. The normalized spacial score (nSPS) is 13.4. The molecule has 0 saturated heterocycles. The van der Waals surface area contributed by atoms with E-state index in [9.17, 15) is 33.2 Å². The molecule has 29 heavy (non-hydrogen) atoms. The number of carbonyl (C=O) groups is 1. The fourth-order valence-electron chi connectivity index (χ4n) is 2.11. The fourth-order valence-corrected chi connectivity index (χ4v) is 2.30. The standard InChI is InChI=1S/C15H14ClF3N4O6/c1-14(25,7-22-6-11(23(26)27)21-12(22)16)8-28-13(24)20-9-2-4-10(5-3-9)29-15(17,18)19/h2-6,25H,7-8H2,1H3,(H,20,24)/t14-/m1/s1. The zero-order valence-corrected chi connectivity index (χ0v) is 15.4. The van der Waals surface area contributed by atoms with Crippen molar-refractivity contribution in [2.45, 2.75) is 25.4 Å². The lowest BCUT2D eigenvalue weighted by Crippen LogP contribution is -2.37. The van der Waals surface area contributed by atoms with Crippen LogP contribution >= 0.6 is 11.6 Å². The van der Waals surface area contributed by atoms with Gasteiger partial charge in [-0.25, -0.2) is 4.79 Å². The largest absolute Gasteiger partial charge is 0.573 e. The predicted octanol–water partition coefficient (Wildman–Crippen LogP) is 3.34. The molecular formula is C15H14ClF3N4O6. The number of amides is 1. The molecule has 0 aliphatic rings. The summed E-state index contributed by atoms with van der Waals surface area (Å²) in [6.45, 7) is 0.519. The first-order valence-corrected chi connectivity index (χ1v) is 8.11. The van der Waals surface area contributed by atoms with Gasteiger partial charge in [0.15, 0.2) is 0 Å². The summed E-state index contributed by atoms with van der Waals surface area (Å²) < 4.78 is 46.0. The lowest BCUT2D eigenvalue weighted by atomic mass is 10.1. The Hall–Kier alpha value is -3.06. The van der Waals surface area contributed by atoms with E-state index in [0.29, 0.717) is 0 Å². The Bertz CT molecular complexity index is 885. The van der Waals surface area contributed by atoms with E-state index in [-0.39, 0.29) is 17.5 Å². The van der Waals surface area contributed by atoms with Crippen molar-refractivity contribution in [3.63, 3.8) is 0 Å². The monoisotopic (exact) mass is 438 g/mol. The van der Waals surface area contributed by atoms with Gasteiger partial charge in [0, 0.05) is 5.69 Å². The molecule has 0 radical (unpaired) electrons. The number of rotatable bonds is 7. The lowest BCUT2D eigenvalue weighted by Gasteiger charge is -2.23. The Morgan fingerprint density at radius 1 is 1.38 bits per heavy atom. The average Bonchev–Trinajstić information content (AvgIpc) is 2.94. The van der Waals surface area contributed by atoms with E-state index in [1.807, 2.05) is 0 Å². The molecule has 10 nitrogen and oxygen atoms in total. The Morgan fingerprint density at radius 2 is 2.00 bits per heavy atom. The minimum atomic E-state index is -4.84. The van der Waals surface area contributed by atoms with Crippen molar-refractivity contribution >= 4 is 29.2 Å². The number of ether oxygens (including phenoxy) is 2. The van der Waals surface area contributed by atoms with E-state index < -0.39 is 41.2 Å². The van der Waals surface area contributed by atoms with E-state index in [0.717, 1.165) is 35.0 Å². The number of benzene rings is 1. The molecule has 0 aliphatic carbocycles. The second kappa shape index (κ2) is 8.53. The Morgan fingerprint density at radius 3 is 2.52 bits per heavy atom. The van der Waals surface area contributed by atoms with E-state index in [2.05, 4.69) is 15.0 Å². The van der Waals surface area contributed by atoms with Crippen LogP contribution in [0.5, 0.6) is 5.75 Å². The van der Waals surface area contributed by atoms with Crippen LogP contribution in [0, 0.1) is 10.1 Å². The summed E-state index contributed by atoms with van der Waals surface area (Å²) in [6, 6.07) is 4.30. The molecule has 1 amide bonds. The van der Waals surface area contributed by atoms with Crippen molar-refractivity contribution in [2.75, 3.05) is 11.9 Å². The third kappa shape index (κ3) is 7.12. The molecule has 158 valence electrons. The van der Waals surface area contributed by atoms with E-state index in [4.69, 9.17) is 16.3 Å². The van der Waals surface area contributed by atoms with Gasteiger partial charge in [-0.15, -0.1) is 13.2 Å². The molecule has 1 aromatic carbocycles. The highest BCUT2D eigenvalue weighted by molar-refractivity contribution is 6.28. The van der Waals surface area contributed by atoms with E-state index in [1.54, 1.807) is 0 Å². The van der Waals surface area contributed by atoms with Crippen LogP contribution in [-0.2, 0) is 11.3 Å². The summed E-state index contributed by atoms with van der Waals surface area (Å²) in [6.07, 6.45) is -4.81. The number of nitrogens with zero attached hydrogens (tertiary/aromatic N) is 3. The summed E-state index contributed by atoms with van der Waals surface area (Å²) in [5, 5.41) is 23.0. The summed E-state index contributed by atoms with van der Waals surface area (Å²) in [5.41, 5.74) is -1.53. The second-order valence-electron chi connectivity index (χ2n) is 6.02. The average molecular weight is 439 g/mol. The van der Waals surface area contributed by atoms with Crippen LogP contribution in [0.2, 0.25) is 5.28 Å². The van der Waals surface area contributed by atoms with Gasteiger partial charge in [0.25, 0.3) is 0 Å².